The molecule has 2 saturated carbocycles. The molecule has 0 aromatic carbocycles. The number of halogens is 2. The van der Waals surface area contributed by atoms with Gasteiger partial charge in [0.25, 0.3) is 5.92 Å². The average Bonchev–Trinajstić information content (AvgIpc) is 2.54. The Morgan fingerprint density at radius 3 is 2.40 bits per heavy atom. The van der Waals surface area contributed by atoms with Crippen molar-refractivity contribution >= 4 is 12.6 Å². The van der Waals surface area contributed by atoms with Crippen LogP contribution in [-0.2, 0) is 0 Å². The minimum absolute atomic E-state index is 0.0955. The van der Waals surface area contributed by atoms with E-state index in [1.54, 1.807) is 0 Å². The van der Waals surface area contributed by atoms with E-state index in [1.807, 2.05) is 0 Å². The van der Waals surface area contributed by atoms with Gasteiger partial charge in [-0.25, -0.2) is 8.78 Å². The molecule has 0 aromatic heterocycles. The van der Waals surface area contributed by atoms with E-state index in [4.69, 9.17) is 0 Å². The quantitative estimate of drug-likeness (QED) is 0.565. The van der Waals surface area contributed by atoms with Gasteiger partial charge >= 0.3 is 0 Å². The van der Waals surface area contributed by atoms with Crippen molar-refractivity contribution < 1.29 is 8.78 Å². The van der Waals surface area contributed by atoms with Crippen LogP contribution in [0.15, 0.2) is 0 Å². The van der Waals surface area contributed by atoms with Gasteiger partial charge in [0.15, 0.2) is 0 Å². The van der Waals surface area contributed by atoms with Crippen LogP contribution in [0.2, 0.25) is 0 Å². The summed E-state index contributed by atoms with van der Waals surface area (Å²) >= 11 is 3.98. The summed E-state index contributed by atoms with van der Waals surface area (Å²) in [6.45, 7) is 0. The molecule has 2 rings (SSSR count). The summed E-state index contributed by atoms with van der Waals surface area (Å²) in [5.41, 5.74) is -0.671. The first kappa shape index (κ1) is 6.89. The van der Waals surface area contributed by atoms with E-state index in [-0.39, 0.29) is 6.42 Å². The predicted octanol–water partition coefficient (Wildman–Crippen LogP) is 2.35. The molecule has 3 heteroatoms. The molecule has 0 aliphatic heterocycles. The molecule has 0 bridgehead atoms. The van der Waals surface area contributed by atoms with Crippen molar-refractivity contribution in [2.75, 3.05) is 5.75 Å². The third-order valence-corrected chi connectivity index (χ3v) is 3.61. The largest absolute Gasteiger partial charge is 0.254 e. The van der Waals surface area contributed by atoms with Gasteiger partial charge in [-0.2, -0.15) is 12.6 Å². The van der Waals surface area contributed by atoms with E-state index in [0.717, 1.165) is 0 Å². The summed E-state index contributed by atoms with van der Waals surface area (Å²) in [6.07, 6.45) is 1.52. The van der Waals surface area contributed by atoms with E-state index in [2.05, 4.69) is 12.6 Å². The first-order chi connectivity index (χ1) is 4.62. The Morgan fingerprint density at radius 2 is 2.20 bits per heavy atom. The molecule has 58 valence electrons. The molecule has 0 saturated heterocycles. The lowest BCUT2D eigenvalue weighted by Gasteiger charge is -2.20. The van der Waals surface area contributed by atoms with Gasteiger partial charge in [-0.05, 0) is 18.8 Å². The maximum absolute atomic E-state index is 13.0. The molecule has 2 atom stereocenters. The van der Waals surface area contributed by atoms with Crippen LogP contribution in [0.4, 0.5) is 8.78 Å². The SMILES string of the molecule is FC1(F)CC[C@@H]2C[C@@]21CS. The topological polar surface area (TPSA) is 0 Å². The van der Waals surface area contributed by atoms with E-state index < -0.39 is 11.3 Å². The van der Waals surface area contributed by atoms with Gasteiger partial charge < -0.3 is 0 Å². The standard InChI is InChI=1S/C7H10F2S/c8-7(9)2-1-5-3-6(5,7)4-10/h5,10H,1-4H2/t5-,6-/m1/s1. The summed E-state index contributed by atoms with van der Waals surface area (Å²) in [5.74, 6) is -1.75. The summed E-state index contributed by atoms with van der Waals surface area (Å²) in [5, 5.41) is 0. The van der Waals surface area contributed by atoms with Crippen molar-refractivity contribution in [1.82, 2.24) is 0 Å². The highest BCUT2D eigenvalue weighted by Crippen LogP contribution is 2.70. The molecule has 0 radical (unpaired) electrons. The van der Waals surface area contributed by atoms with Crippen LogP contribution in [0.1, 0.15) is 19.3 Å². The molecule has 0 aromatic rings. The van der Waals surface area contributed by atoms with E-state index in [1.165, 1.54) is 0 Å². The van der Waals surface area contributed by atoms with E-state index in [0.29, 0.717) is 24.5 Å². The molecule has 0 N–H and O–H groups in total. The van der Waals surface area contributed by atoms with Crippen molar-refractivity contribution in [3.63, 3.8) is 0 Å². The molecule has 0 spiro atoms. The number of fused-ring (bicyclic) bond motifs is 1. The summed E-state index contributed by atoms with van der Waals surface area (Å²) in [6, 6.07) is 0. The number of alkyl halides is 2. The average molecular weight is 164 g/mol. The number of thiol groups is 1. The van der Waals surface area contributed by atoms with Gasteiger partial charge in [-0.15, -0.1) is 0 Å². The molecule has 2 fully saturated rings. The van der Waals surface area contributed by atoms with Gasteiger partial charge in [0, 0.05) is 17.6 Å². The molecule has 0 unspecified atom stereocenters. The Hall–Kier alpha value is 0.210. The molecule has 2 aliphatic rings. The van der Waals surface area contributed by atoms with Crippen LogP contribution in [0.5, 0.6) is 0 Å². The zero-order valence-electron chi connectivity index (χ0n) is 5.61. The first-order valence-electron chi connectivity index (χ1n) is 3.61. The van der Waals surface area contributed by atoms with Crippen molar-refractivity contribution in [3.8, 4) is 0 Å². The lowest BCUT2D eigenvalue weighted by molar-refractivity contribution is -0.0525. The minimum atomic E-state index is -2.40. The fourth-order valence-corrected chi connectivity index (χ4v) is 2.74. The normalized spacial score (nSPS) is 48.9. The van der Waals surface area contributed by atoms with E-state index >= 15 is 0 Å². The zero-order chi connectivity index (χ0) is 7.41. The highest BCUT2D eigenvalue weighted by Gasteiger charge is 2.71. The predicted molar refractivity (Wildman–Crippen MR) is 38.6 cm³/mol. The minimum Gasteiger partial charge on any atom is -0.206 e. The molecular weight excluding hydrogens is 154 g/mol. The Morgan fingerprint density at radius 1 is 1.50 bits per heavy atom. The third kappa shape index (κ3) is 0.576. The zero-order valence-corrected chi connectivity index (χ0v) is 6.50. The third-order valence-electron chi connectivity index (χ3n) is 3.05. The smallest absolute Gasteiger partial charge is 0.206 e. The van der Waals surface area contributed by atoms with Gasteiger partial charge in [-0.3, -0.25) is 0 Å². The van der Waals surface area contributed by atoms with Gasteiger partial charge in [0.1, 0.15) is 0 Å². The van der Waals surface area contributed by atoms with Crippen LogP contribution in [0.25, 0.3) is 0 Å². The van der Waals surface area contributed by atoms with Crippen LogP contribution < -0.4 is 0 Å². The summed E-state index contributed by atoms with van der Waals surface area (Å²) in [7, 11) is 0. The second-order valence-electron chi connectivity index (χ2n) is 3.46. The second kappa shape index (κ2) is 1.68. The number of hydrogen-bond donors (Lipinski definition) is 1. The maximum atomic E-state index is 13.0. The van der Waals surface area contributed by atoms with Crippen LogP contribution in [0, 0.1) is 11.3 Å². The summed E-state index contributed by atoms with van der Waals surface area (Å²) in [4.78, 5) is 0. The van der Waals surface area contributed by atoms with Gasteiger partial charge in [0.2, 0.25) is 0 Å². The Bertz CT molecular complexity index is 165. The number of hydrogen-bond acceptors (Lipinski definition) is 1. The van der Waals surface area contributed by atoms with Crippen molar-refractivity contribution in [2.45, 2.75) is 25.2 Å². The van der Waals surface area contributed by atoms with Crippen molar-refractivity contribution in [3.05, 3.63) is 0 Å². The first-order valence-corrected chi connectivity index (χ1v) is 4.24. The van der Waals surface area contributed by atoms with E-state index in [9.17, 15) is 8.78 Å². The fourth-order valence-electron chi connectivity index (χ4n) is 2.12. The fraction of sp³-hybridized carbons (Fsp3) is 1.00. The van der Waals surface area contributed by atoms with Crippen LogP contribution in [-0.4, -0.2) is 11.7 Å². The lowest BCUT2D eigenvalue weighted by atomic mass is 10.0. The van der Waals surface area contributed by atoms with Crippen LogP contribution in [0.3, 0.4) is 0 Å². The Balaban J connectivity index is 2.24. The monoisotopic (exact) mass is 164 g/mol. The maximum Gasteiger partial charge on any atom is 0.254 e. The molecule has 0 amide bonds. The molecule has 0 heterocycles. The molecule has 2 aliphatic carbocycles. The molecule has 0 nitrogen and oxygen atoms in total. The lowest BCUT2D eigenvalue weighted by Crippen LogP contribution is -2.28. The molecular formula is C7H10F2S. The second-order valence-corrected chi connectivity index (χ2v) is 3.77. The van der Waals surface area contributed by atoms with Crippen molar-refractivity contribution in [1.29, 1.82) is 0 Å². The summed E-state index contributed by atoms with van der Waals surface area (Å²) < 4.78 is 26.0. The Labute approximate surface area is 64.4 Å². The van der Waals surface area contributed by atoms with Crippen molar-refractivity contribution in [2.24, 2.45) is 11.3 Å². The van der Waals surface area contributed by atoms with Gasteiger partial charge in [0.05, 0.1) is 0 Å². The highest BCUT2D eigenvalue weighted by atomic mass is 32.1. The Kier molecular flexibility index (Phi) is 1.16. The van der Waals surface area contributed by atoms with Gasteiger partial charge in [-0.1, -0.05) is 0 Å². The number of rotatable bonds is 1. The van der Waals surface area contributed by atoms with Crippen LogP contribution >= 0.6 is 12.6 Å². The highest BCUT2D eigenvalue weighted by molar-refractivity contribution is 7.80. The molecule has 10 heavy (non-hydrogen) atoms.